The molecule has 2 aliphatic heterocycles. The van der Waals surface area contributed by atoms with Crippen LogP contribution in [0.3, 0.4) is 0 Å². The summed E-state index contributed by atoms with van der Waals surface area (Å²) in [5.74, 6) is -0.435. The molecule has 2 fully saturated rings. The van der Waals surface area contributed by atoms with Crippen LogP contribution >= 0.6 is 0 Å². The minimum absolute atomic E-state index is 0.0133. The van der Waals surface area contributed by atoms with Crippen LogP contribution in [0.15, 0.2) is 72.9 Å². The first-order valence-corrected chi connectivity index (χ1v) is 15.6. The molecule has 4 heterocycles. The molecule has 7 rings (SSSR count). The Balaban J connectivity index is 1.30. The molecule has 2 saturated heterocycles. The average molecular weight is 611 g/mol. The molecule has 0 spiro atoms. The SMILES string of the molecule is C[C@@H](O)CCc1cccc2cccc(-c3ncc4c(OCc5ccccc5)nc(OC[C@@]56CCCN5C[C@H](F)C6)nc4c3F)c12. The Morgan fingerprint density at radius 3 is 2.69 bits per heavy atom. The number of fused-ring (bicyclic) bond motifs is 3. The summed E-state index contributed by atoms with van der Waals surface area (Å²) in [5, 5.41) is 12.1. The van der Waals surface area contributed by atoms with E-state index in [-0.39, 0.29) is 36.3 Å². The van der Waals surface area contributed by atoms with E-state index >= 15 is 4.39 Å². The highest BCUT2D eigenvalue weighted by Gasteiger charge is 2.49. The number of aryl methyl sites for hydroxylation is 1. The predicted molar refractivity (Wildman–Crippen MR) is 170 cm³/mol. The molecule has 7 nitrogen and oxygen atoms in total. The summed E-state index contributed by atoms with van der Waals surface area (Å²) in [6.07, 6.45) is 3.64. The van der Waals surface area contributed by atoms with E-state index in [2.05, 4.69) is 19.9 Å². The lowest BCUT2D eigenvalue weighted by Gasteiger charge is -2.30. The van der Waals surface area contributed by atoms with Crippen LogP contribution in [0.2, 0.25) is 0 Å². The van der Waals surface area contributed by atoms with E-state index in [4.69, 9.17) is 9.47 Å². The monoisotopic (exact) mass is 610 g/mol. The number of aliphatic hydroxyl groups excluding tert-OH is 1. The van der Waals surface area contributed by atoms with E-state index in [0.717, 1.165) is 41.3 Å². The second-order valence-electron chi connectivity index (χ2n) is 12.3. The van der Waals surface area contributed by atoms with Gasteiger partial charge >= 0.3 is 6.01 Å². The van der Waals surface area contributed by atoms with Gasteiger partial charge in [0.2, 0.25) is 5.88 Å². The maximum atomic E-state index is 16.7. The molecule has 0 aliphatic carbocycles. The number of alkyl halides is 1. The molecule has 2 aromatic heterocycles. The van der Waals surface area contributed by atoms with Gasteiger partial charge in [-0.2, -0.15) is 9.97 Å². The zero-order valence-electron chi connectivity index (χ0n) is 25.3. The van der Waals surface area contributed by atoms with Crippen molar-refractivity contribution in [2.45, 2.75) is 63.4 Å². The van der Waals surface area contributed by atoms with Gasteiger partial charge in [0, 0.05) is 24.7 Å². The molecular formula is C36H36F2N4O3. The molecule has 3 aromatic carbocycles. The maximum Gasteiger partial charge on any atom is 0.320 e. The van der Waals surface area contributed by atoms with Gasteiger partial charge in [-0.05, 0) is 61.1 Å². The number of nitrogens with zero attached hydrogens (tertiary/aromatic N) is 4. The molecule has 5 aromatic rings. The third kappa shape index (κ3) is 5.82. The summed E-state index contributed by atoms with van der Waals surface area (Å²) in [4.78, 5) is 15.9. The molecule has 232 valence electrons. The Hall–Kier alpha value is -4.21. The first-order chi connectivity index (χ1) is 21.9. The van der Waals surface area contributed by atoms with Crippen molar-refractivity contribution in [3.63, 3.8) is 0 Å². The van der Waals surface area contributed by atoms with Crippen LogP contribution in [0.5, 0.6) is 11.9 Å². The fourth-order valence-electron chi connectivity index (χ4n) is 6.94. The van der Waals surface area contributed by atoms with Crippen LogP contribution in [0, 0.1) is 5.82 Å². The van der Waals surface area contributed by atoms with Crippen LogP contribution in [0.25, 0.3) is 32.9 Å². The number of ether oxygens (including phenoxy) is 2. The Bertz CT molecular complexity index is 1830. The molecule has 0 unspecified atom stereocenters. The summed E-state index contributed by atoms with van der Waals surface area (Å²) >= 11 is 0. The van der Waals surface area contributed by atoms with Crippen molar-refractivity contribution in [2.75, 3.05) is 19.7 Å². The molecule has 0 saturated carbocycles. The van der Waals surface area contributed by atoms with Gasteiger partial charge in [-0.1, -0.05) is 66.7 Å². The number of aliphatic hydroxyl groups is 1. The van der Waals surface area contributed by atoms with E-state index in [1.807, 2.05) is 66.7 Å². The first-order valence-electron chi connectivity index (χ1n) is 15.6. The van der Waals surface area contributed by atoms with Crippen LogP contribution in [-0.2, 0) is 13.0 Å². The quantitative estimate of drug-likeness (QED) is 0.186. The Labute approximate surface area is 260 Å². The van der Waals surface area contributed by atoms with Gasteiger partial charge in [-0.3, -0.25) is 9.88 Å². The number of rotatable bonds is 10. The Kier molecular flexibility index (Phi) is 8.06. The molecule has 2 aliphatic rings. The molecule has 3 atom stereocenters. The average Bonchev–Trinajstić information content (AvgIpc) is 3.58. The minimum Gasteiger partial charge on any atom is -0.472 e. The van der Waals surface area contributed by atoms with Gasteiger partial charge < -0.3 is 14.6 Å². The number of hydrogen-bond acceptors (Lipinski definition) is 7. The summed E-state index contributed by atoms with van der Waals surface area (Å²) in [5.41, 5.74) is 2.37. The van der Waals surface area contributed by atoms with Gasteiger partial charge in [-0.15, -0.1) is 0 Å². The Morgan fingerprint density at radius 1 is 1.04 bits per heavy atom. The fourth-order valence-corrected chi connectivity index (χ4v) is 6.94. The van der Waals surface area contributed by atoms with Crippen molar-refractivity contribution in [2.24, 2.45) is 0 Å². The van der Waals surface area contributed by atoms with E-state index in [0.29, 0.717) is 36.8 Å². The van der Waals surface area contributed by atoms with Gasteiger partial charge in [0.15, 0.2) is 5.82 Å². The molecule has 45 heavy (non-hydrogen) atoms. The standard InChI is InChI=1S/C36H36F2N4O3/c1-23(43)14-15-26-11-5-10-25-12-6-13-28(30(25)26)32-31(38)33-29(19-39-32)34(44-21-24-8-3-2-4-9-24)41-35(40-33)45-22-36-16-7-17-42(36)20-27(37)18-36/h2-6,8-13,19,23,27,43H,7,14-18,20-22H2,1H3/t23-,27-,36+/m1/s1. The number of pyridine rings is 1. The summed E-state index contributed by atoms with van der Waals surface area (Å²) < 4.78 is 43.4. The topological polar surface area (TPSA) is 80.6 Å². The third-order valence-corrected chi connectivity index (χ3v) is 9.16. The molecule has 0 amide bonds. The lowest BCUT2D eigenvalue weighted by Crippen LogP contribution is -2.43. The number of benzene rings is 3. The lowest BCUT2D eigenvalue weighted by molar-refractivity contribution is 0.106. The van der Waals surface area contributed by atoms with Gasteiger partial charge in [0.05, 0.1) is 17.0 Å². The molecular weight excluding hydrogens is 574 g/mol. The normalized spacial score (nSPS) is 20.5. The summed E-state index contributed by atoms with van der Waals surface area (Å²) in [6.45, 7) is 3.43. The van der Waals surface area contributed by atoms with E-state index in [1.165, 1.54) is 0 Å². The lowest BCUT2D eigenvalue weighted by atomic mass is 9.94. The molecule has 0 bridgehead atoms. The number of hydrogen-bond donors (Lipinski definition) is 1. The molecule has 0 radical (unpaired) electrons. The van der Waals surface area contributed by atoms with Crippen molar-refractivity contribution >= 4 is 21.7 Å². The predicted octanol–water partition coefficient (Wildman–Crippen LogP) is 6.83. The van der Waals surface area contributed by atoms with Crippen LogP contribution in [0.1, 0.15) is 43.7 Å². The van der Waals surface area contributed by atoms with Crippen molar-refractivity contribution in [1.82, 2.24) is 19.9 Å². The summed E-state index contributed by atoms with van der Waals surface area (Å²) in [6, 6.07) is 21.3. The van der Waals surface area contributed by atoms with E-state index < -0.39 is 23.6 Å². The zero-order valence-corrected chi connectivity index (χ0v) is 25.3. The molecule has 1 N–H and O–H groups in total. The van der Waals surface area contributed by atoms with Crippen LogP contribution in [0.4, 0.5) is 8.78 Å². The van der Waals surface area contributed by atoms with Crippen molar-refractivity contribution in [3.8, 4) is 23.1 Å². The third-order valence-electron chi connectivity index (χ3n) is 9.16. The van der Waals surface area contributed by atoms with Crippen molar-refractivity contribution < 1.29 is 23.4 Å². The minimum atomic E-state index is -0.895. The van der Waals surface area contributed by atoms with Gasteiger partial charge in [0.25, 0.3) is 0 Å². The second kappa shape index (κ2) is 12.3. The van der Waals surface area contributed by atoms with Crippen LogP contribution < -0.4 is 9.47 Å². The first kappa shape index (κ1) is 29.5. The largest absolute Gasteiger partial charge is 0.472 e. The van der Waals surface area contributed by atoms with E-state index in [9.17, 15) is 9.50 Å². The van der Waals surface area contributed by atoms with Crippen LogP contribution in [-0.4, -0.2) is 62.5 Å². The maximum absolute atomic E-state index is 16.7. The fraction of sp³-hybridized carbons (Fsp3) is 0.361. The highest BCUT2D eigenvalue weighted by Crippen LogP contribution is 2.41. The van der Waals surface area contributed by atoms with E-state index in [1.54, 1.807) is 13.1 Å². The summed E-state index contributed by atoms with van der Waals surface area (Å²) in [7, 11) is 0. The van der Waals surface area contributed by atoms with Gasteiger partial charge in [0.1, 0.15) is 30.6 Å². The Morgan fingerprint density at radius 2 is 1.87 bits per heavy atom. The number of halogens is 2. The second-order valence-corrected chi connectivity index (χ2v) is 12.3. The van der Waals surface area contributed by atoms with Gasteiger partial charge in [-0.25, -0.2) is 8.78 Å². The van der Waals surface area contributed by atoms with Crippen molar-refractivity contribution in [3.05, 3.63) is 89.9 Å². The molecule has 9 heteroatoms. The highest BCUT2D eigenvalue weighted by molar-refractivity contribution is 6.00. The highest BCUT2D eigenvalue weighted by atomic mass is 19.1. The number of aromatic nitrogens is 3. The van der Waals surface area contributed by atoms with Crippen molar-refractivity contribution in [1.29, 1.82) is 0 Å². The zero-order chi connectivity index (χ0) is 31.0. The smallest absolute Gasteiger partial charge is 0.320 e.